The van der Waals surface area contributed by atoms with Gasteiger partial charge in [0.2, 0.25) is 11.9 Å². The zero-order chi connectivity index (χ0) is 24.6. The Hall–Kier alpha value is -2.41. The Kier molecular flexibility index (Phi) is 6.88. The topological polar surface area (TPSA) is 58.6 Å². The highest BCUT2D eigenvalue weighted by molar-refractivity contribution is 6.30. The largest absolute Gasteiger partial charge is 0.493 e. The minimum atomic E-state index is -0.364. The smallest absolute Gasteiger partial charge is 0.227 e. The van der Waals surface area contributed by atoms with E-state index >= 15 is 0 Å². The van der Waals surface area contributed by atoms with Crippen LogP contribution in [0, 0.1) is 29.0 Å². The maximum atomic E-state index is 14.6. The molecular formula is C27H34ClFN4O2. The lowest BCUT2D eigenvalue weighted by Crippen LogP contribution is -2.55. The van der Waals surface area contributed by atoms with Crippen molar-refractivity contribution in [1.29, 1.82) is 0 Å². The molecule has 1 aromatic heterocycles. The van der Waals surface area contributed by atoms with E-state index < -0.39 is 0 Å². The second-order valence-electron chi connectivity index (χ2n) is 11.2. The fourth-order valence-electron chi connectivity index (χ4n) is 5.70. The van der Waals surface area contributed by atoms with Gasteiger partial charge in [-0.3, -0.25) is 4.79 Å². The van der Waals surface area contributed by atoms with E-state index in [4.69, 9.17) is 16.3 Å². The number of carbonyl (C=O) groups excluding carboxylic acids is 1. The molecular weight excluding hydrogens is 467 g/mol. The number of rotatable bonds is 8. The summed E-state index contributed by atoms with van der Waals surface area (Å²) in [5, 5.41) is 0.562. The summed E-state index contributed by atoms with van der Waals surface area (Å²) in [7, 11) is 0. The molecule has 1 saturated carbocycles. The van der Waals surface area contributed by atoms with Gasteiger partial charge in [-0.2, -0.15) is 0 Å². The van der Waals surface area contributed by atoms with Crippen LogP contribution in [-0.2, 0) is 11.2 Å². The zero-order valence-electron chi connectivity index (χ0n) is 20.6. The van der Waals surface area contributed by atoms with Gasteiger partial charge in [-0.15, -0.1) is 0 Å². The summed E-state index contributed by atoms with van der Waals surface area (Å²) in [6, 6.07) is 4.89. The number of anilines is 1. The van der Waals surface area contributed by atoms with Crippen molar-refractivity contribution in [3.8, 4) is 5.75 Å². The quantitative estimate of drug-likeness (QED) is 0.510. The van der Waals surface area contributed by atoms with E-state index in [2.05, 4.69) is 28.7 Å². The van der Waals surface area contributed by atoms with E-state index in [9.17, 15) is 9.18 Å². The Morgan fingerprint density at radius 1 is 1.20 bits per heavy atom. The third-order valence-corrected chi connectivity index (χ3v) is 7.92. The van der Waals surface area contributed by atoms with Crippen molar-refractivity contribution in [2.75, 3.05) is 37.7 Å². The second-order valence-corrected chi connectivity index (χ2v) is 11.6. The molecule has 2 atom stereocenters. The number of piperidine rings is 1. The van der Waals surface area contributed by atoms with E-state index in [0.717, 1.165) is 63.2 Å². The second kappa shape index (κ2) is 9.92. The monoisotopic (exact) mass is 500 g/mol. The molecule has 0 radical (unpaired) electrons. The molecule has 2 unspecified atom stereocenters. The molecule has 0 spiro atoms. The Balaban J connectivity index is 1.02. The Bertz CT molecular complexity index is 1050. The van der Waals surface area contributed by atoms with Crippen molar-refractivity contribution < 1.29 is 13.9 Å². The molecule has 35 heavy (non-hydrogen) atoms. The molecule has 2 saturated heterocycles. The number of aromatic nitrogens is 2. The molecule has 2 aromatic rings. The van der Waals surface area contributed by atoms with E-state index in [0.29, 0.717) is 28.9 Å². The number of benzene rings is 1. The molecule has 5 rings (SSSR count). The average Bonchev–Trinajstić information content (AvgIpc) is 3.59. The highest BCUT2D eigenvalue weighted by atomic mass is 35.5. The van der Waals surface area contributed by atoms with Crippen LogP contribution in [0.5, 0.6) is 5.75 Å². The lowest BCUT2D eigenvalue weighted by Gasteiger charge is -2.45. The van der Waals surface area contributed by atoms with Crippen LogP contribution in [-0.4, -0.2) is 53.6 Å². The molecule has 8 heteroatoms. The molecule has 6 nitrogen and oxygen atoms in total. The molecule has 1 aliphatic carbocycles. The highest BCUT2D eigenvalue weighted by Crippen LogP contribution is 2.49. The highest BCUT2D eigenvalue weighted by Gasteiger charge is 2.43. The molecule has 188 valence electrons. The molecule has 2 aliphatic heterocycles. The normalized spacial score (nSPS) is 23.7. The first kappa shape index (κ1) is 24.3. The SMILES string of the molecule is CC1(C)CN(C(=O)Cc2ccc(OCCC3CC3C3CCN(c4ncc(Cl)cn4)CC3)cc2F)C1. The van der Waals surface area contributed by atoms with Gasteiger partial charge in [-0.25, -0.2) is 14.4 Å². The first-order chi connectivity index (χ1) is 16.8. The van der Waals surface area contributed by atoms with Gasteiger partial charge in [0, 0.05) is 32.2 Å². The van der Waals surface area contributed by atoms with Gasteiger partial charge >= 0.3 is 0 Å². The summed E-state index contributed by atoms with van der Waals surface area (Å²) in [6.07, 6.45) is 7.99. The molecule has 3 fully saturated rings. The van der Waals surface area contributed by atoms with Crippen LogP contribution in [0.3, 0.4) is 0 Å². The van der Waals surface area contributed by atoms with Crippen molar-refractivity contribution in [2.45, 2.75) is 46.0 Å². The number of ether oxygens (including phenoxy) is 1. The summed E-state index contributed by atoms with van der Waals surface area (Å²) in [5.41, 5.74) is 0.612. The van der Waals surface area contributed by atoms with Crippen LogP contribution in [0.1, 0.15) is 45.1 Å². The minimum Gasteiger partial charge on any atom is -0.493 e. The number of nitrogens with zero attached hydrogens (tertiary/aromatic N) is 4. The number of hydrogen-bond acceptors (Lipinski definition) is 5. The molecule has 1 amide bonds. The molecule has 3 aliphatic rings. The Morgan fingerprint density at radius 2 is 1.91 bits per heavy atom. The number of hydrogen-bond donors (Lipinski definition) is 0. The fourth-order valence-corrected chi connectivity index (χ4v) is 5.80. The van der Waals surface area contributed by atoms with Crippen molar-refractivity contribution in [1.82, 2.24) is 14.9 Å². The first-order valence-corrected chi connectivity index (χ1v) is 13.1. The van der Waals surface area contributed by atoms with Gasteiger partial charge in [0.15, 0.2) is 0 Å². The summed E-state index contributed by atoms with van der Waals surface area (Å²) in [5.74, 6) is 3.14. The predicted molar refractivity (Wildman–Crippen MR) is 134 cm³/mol. The number of halogens is 2. The van der Waals surface area contributed by atoms with Crippen LogP contribution in [0.4, 0.5) is 10.3 Å². The van der Waals surface area contributed by atoms with Crippen molar-refractivity contribution in [3.63, 3.8) is 0 Å². The van der Waals surface area contributed by atoms with Crippen molar-refractivity contribution in [2.24, 2.45) is 23.2 Å². The standard InChI is InChI=1S/C27H34ClFN4O2/c1-27(2)16-33(17-27)25(34)12-20-3-4-22(13-24(20)29)35-10-7-19-11-23(19)18-5-8-32(9-6-18)26-30-14-21(28)15-31-26/h3-4,13-15,18-19,23H,5-12,16-17H2,1-2H3. The van der Waals surface area contributed by atoms with Crippen LogP contribution in [0.25, 0.3) is 0 Å². The molecule has 3 heterocycles. The van der Waals surface area contributed by atoms with E-state index in [1.165, 1.54) is 12.5 Å². The van der Waals surface area contributed by atoms with Gasteiger partial charge in [-0.1, -0.05) is 31.5 Å². The van der Waals surface area contributed by atoms with E-state index in [1.54, 1.807) is 29.4 Å². The fraction of sp³-hybridized carbons (Fsp3) is 0.593. The number of likely N-dealkylation sites (tertiary alicyclic amines) is 1. The van der Waals surface area contributed by atoms with Crippen molar-refractivity contribution in [3.05, 3.63) is 47.0 Å². The Morgan fingerprint density at radius 3 is 2.57 bits per heavy atom. The maximum absolute atomic E-state index is 14.6. The van der Waals surface area contributed by atoms with E-state index in [1.807, 2.05) is 0 Å². The van der Waals surface area contributed by atoms with Gasteiger partial charge in [0.05, 0.1) is 30.4 Å². The lowest BCUT2D eigenvalue weighted by atomic mass is 9.84. The van der Waals surface area contributed by atoms with E-state index in [-0.39, 0.29) is 23.6 Å². The van der Waals surface area contributed by atoms with Gasteiger partial charge in [0.1, 0.15) is 11.6 Å². The third-order valence-electron chi connectivity index (χ3n) is 7.73. The van der Waals surface area contributed by atoms with Crippen LogP contribution in [0.15, 0.2) is 30.6 Å². The number of amides is 1. The summed E-state index contributed by atoms with van der Waals surface area (Å²) in [4.78, 5) is 25.1. The van der Waals surface area contributed by atoms with Gasteiger partial charge in [0.25, 0.3) is 0 Å². The van der Waals surface area contributed by atoms with Crippen LogP contribution < -0.4 is 9.64 Å². The summed E-state index contributed by atoms with van der Waals surface area (Å²) < 4.78 is 20.4. The first-order valence-electron chi connectivity index (χ1n) is 12.7. The van der Waals surface area contributed by atoms with Gasteiger partial charge in [-0.05, 0) is 60.5 Å². The zero-order valence-corrected chi connectivity index (χ0v) is 21.3. The Labute approximate surface area is 211 Å². The predicted octanol–water partition coefficient (Wildman–Crippen LogP) is 5.00. The average molecular weight is 501 g/mol. The summed E-state index contributed by atoms with van der Waals surface area (Å²) in [6.45, 7) is 8.31. The third kappa shape index (κ3) is 5.88. The molecule has 0 bridgehead atoms. The minimum absolute atomic E-state index is 0.0109. The number of carbonyl (C=O) groups is 1. The van der Waals surface area contributed by atoms with Crippen LogP contribution >= 0.6 is 11.6 Å². The van der Waals surface area contributed by atoms with Crippen LogP contribution in [0.2, 0.25) is 5.02 Å². The summed E-state index contributed by atoms with van der Waals surface area (Å²) >= 11 is 5.89. The lowest BCUT2D eigenvalue weighted by molar-refractivity contribution is -0.140. The van der Waals surface area contributed by atoms with Crippen molar-refractivity contribution >= 4 is 23.5 Å². The maximum Gasteiger partial charge on any atom is 0.227 e. The molecule has 1 aromatic carbocycles. The molecule has 0 N–H and O–H groups in total. The van der Waals surface area contributed by atoms with Gasteiger partial charge < -0.3 is 14.5 Å².